The highest BCUT2D eigenvalue weighted by Gasteiger charge is 2.47. The first kappa shape index (κ1) is 13.4. The van der Waals surface area contributed by atoms with Gasteiger partial charge in [0.1, 0.15) is 18.1 Å². The van der Waals surface area contributed by atoms with Gasteiger partial charge in [0.15, 0.2) is 5.54 Å². The molecule has 2 aliphatic rings. The SMILES string of the molecule is NC1=N[C@@]2(CO1)c1cc(Br)ccc1Oc1ccc(I)cc12. The van der Waals surface area contributed by atoms with Crippen molar-refractivity contribution in [2.75, 3.05) is 6.61 Å². The molecule has 0 unspecified atom stereocenters. The fourth-order valence-corrected chi connectivity index (χ4v) is 3.65. The summed E-state index contributed by atoms with van der Waals surface area (Å²) in [4.78, 5) is 4.61. The Morgan fingerprint density at radius 2 is 1.86 bits per heavy atom. The molecule has 2 aliphatic heterocycles. The Kier molecular flexibility index (Phi) is 2.94. The summed E-state index contributed by atoms with van der Waals surface area (Å²) in [6.45, 7) is 0.388. The van der Waals surface area contributed by atoms with E-state index in [0.29, 0.717) is 6.61 Å². The van der Waals surface area contributed by atoms with Crippen LogP contribution in [0, 0.1) is 3.57 Å². The molecule has 0 radical (unpaired) electrons. The van der Waals surface area contributed by atoms with Crippen LogP contribution in [0.3, 0.4) is 0 Å². The van der Waals surface area contributed by atoms with Gasteiger partial charge >= 0.3 is 0 Å². The number of hydrogen-bond acceptors (Lipinski definition) is 4. The van der Waals surface area contributed by atoms with Crippen LogP contribution >= 0.6 is 38.5 Å². The standard InChI is InChI=1S/C15H10BrIN2O2/c16-8-1-3-12-10(5-8)15(7-20-14(18)19-15)11-6-9(17)2-4-13(11)21-12/h1-6H,7H2,(H2,18,19)/t15-/m0/s1. The number of ether oxygens (including phenoxy) is 2. The lowest BCUT2D eigenvalue weighted by Crippen LogP contribution is -2.31. The van der Waals surface area contributed by atoms with Gasteiger partial charge in [-0.2, -0.15) is 0 Å². The molecule has 2 N–H and O–H groups in total. The Morgan fingerprint density at radius 3 is 2.57 bits per heavy atom. The largest absolute Gasteiger partial charge is 0.462 e. The van der Waals surface area contributed by atoms with Crippen LogP contribution in [0.2, 0.25) is 0 Å². The van der Waals surface area contributed by atoms with Gasteiger partial charge in [0, 0.05) is 19.2 Å². The van der Waals surface area contributed by atoms with E-state index in [1.807, 2.05) is 30.3 Å². The monoisotopic (exact) mass is 456 g/mol. The van der Waals surface area contributed by atoms with E-state index in [-0.39, 0.29) is 6.02 Å². The minimum Gasteiger partial charge on any atom is -0.462 e. The maximum Gasteiger partial charge on any atom is 0.283 e. The molecule has 0 amide bonds. The lowest BCUT2D eigenvalue weighted by Gasteiger charge is -2.33. The van der Waals surface area contributed by atoms with Crippen molar-refractivity contribution in [2.24, 2.45) is 10.7 Å². The van der Waals surface area contributed by atoms with Gasteiger partial charge in [-0.25, -0.2) is 4.99 Å². The van der Waals surface area contributed by atoms with Crippen molar-refractivity contribution in [1.82, 2.24) is 0 Å². The summed E-state index contributed by atoms with van der Waals surface area (Å²) in [5, 5.41) is 0. The number of amidine groups is 1. The van der Waals surface area contributed by atoms with Crippen molar-refractivity contribution in [2.45, 2.75) is 5.54 Å². The van der Waals surface area contributed by atoms with E-state index in [2.05, 4.69) is 49.6 Å². The summed E-state index contributed by atoms with van der Waals surface area (Å²) in [6, 6.07) is 12.2. The molecule has 2 aromatic rings. The van der Waals surface area contributed by atoms with Crippen molar-refractivity contribution in [3.8, 4) is 11.5 Å². The number of benzene rings is 2. The third-order valence-electron chi connectivity index (χ3n) is 3.72. The highest BCUT2D eigenvalue weighted by Crippen LogP contribution is 2.51. The number of halogens is 2. The lowest BCUT2D eigenvalue weighted by atomic mass is 9.81. The van der Waals surface area contributed by atoms with Gasteiger partial charge in [-0.3, -0.25) is 0 Å². The number of hydrogen-bond donors (Lipinski definition) is 1. The third-order valence-corrected chi connectivity index (χ3v) is 4.89. The quantitative estimate of drug-likeness (QED) is 0.614. The van der Waals surface area contributed by atoms with Crippen molar-refractivity contribution >= 4 is 44.5 Å². The van der Waals surface area contributed by atoms with E-state index in [9.17, 15) is 0 Å². The van der Waals surface area contributed by atoms with Gasteiger partial charge in [0.25, 0.3) is 6.02 Å². The highest BCUT2D eigenvalue weighted by molar-refractivity contribution is 14.1. The first-order valence-electron chi connectivity index (χ1n) is 6.34. The van der Waals surface area contributed by atoms with Crippen molar-refractivity contribution < 1.29 is 9.47 Å². The maximum absolute atomic E-state index is 6.02. The molecule has 2 aromatic carbocycles. The molecule has 4 nitrogen and oxygen atoms in total. The summed E-state index contributed by atoms with van der Waals surface area (Å²) >= 11 is 5.79. The molecule has 0 saturated heterocycles. The molecule has 0 aromatic heterocycles. The van der Waals surface area contributed by atoms with Crippen LogP contribution < -0.4 is 10.5 Å². The molecule has 106 valence electrons. The molecule has 4 rings (SSSR count). The van der Waals surface area contributed by atoms with Crippen LogP contribution in [0.1, 0.15) is 11.1 Å². The summed E-state index contributed by atoms with van der Waals surface area (Å²) < 4.78 is 13.6. The zero-order chi connectivity index (χ0) is 14.6. The first-order valence-corrected chi connectivity index (χ1v) is 8.22. The summed E-state index contributed by atoms with van der Waals surface area (Å²) in [5.41, 5.74) is 7.13. The minimum atomic E-state index is -0.627. The van der Waals surface area contributed by atoms with Crippen LogP contribution in [0.5, 0.6) is 11.5 Å². The van der Waals surface area contributed by atoms with Crippen molar-refractivity contribution in [3.63, 3.8) is 0 Å². The molecule has 1 atom stereocenters. The number of rotatable bonds is 0. The average molecular weight is 457 g/mol. The molecule has 0 saturated carbocycles. The van der Waals surface area contributed by atoms with Gasteiger partial charge in [-0.15, -0.1) is 0 Å². The second-order valence-corrected chi connectivity index (χ2v) is 7.14. The molecule has 0 bridgehead atoms. The second-order valence-electron chi connectivity index (χ2n) is 4.98. The molecule has 2 heterocycles. The van der Waals surface area contributed by atoms with Crippen LogP contribution in [0.25, 0.3) is 0 Å². The molecule has 0 aliphatic carbocycles. The van der Waals surface area contributed by atoms with E-state index in [4.69, 9.17) is 15.2 Å². The average Bonchev–Trinajstić information content (AvgIpc) is 2.84. The maximum atomic E-state index is 6.02. The van der Waals surface area contributed by atoms with Gasteiger partial charge in [-0.1, -0.05) is 15.9 Å². The van der Waals surface area contributed by atoms with Gasteiger partial charge in [0.05, 0.1) is 0 Å². The first-order chi connectivity index (χ1) is 10.1. The smallest absolute Gasteiger partial charge is 0.283 e. The molecule has 1 spiro atoms. The Morgan fingerprint density at radius 1 is 1.14 bits per heavy atom. The normalized spacial score (nSPS) is 22.1. The molecule has 0 fully saturated rings. The van der Waals surface area contributed by atoms with Gasteiger partial charge < -0.3 is 15.2 Å². The number of aliphatic imine (C=N–C) groups is 1. The minimum absolute atomic E-state index is 0.215. The number of nitrogens with zero attached hydrogens (tertiary/aromatic N) is 1. The Labute approximate surface area is 143 Å². The molecular weight excluding hydrogens is 447 g/mol. The van der Waals surface area contributed by atoms with E-state index >= 15 is 0 Å². The molecule has 21 heavy (non-hydrogen) atoms. The van der Waals surface area contributed by atoms with E-state index in [1.165, 1.54) is 0 Å². The zero-order valence-corrected chi connectivity index (χ0v) is 14.5. The summed E-state index contributed by atoms with van der Waals surface area (Å²) in [7, 11) is 0. The van der Waals surface area contributed by atoms with Crippen LogP contribution in [0.15, 0.2) is 45.9 Å². The van der Waals surface area contributed by atoms with Crippen LogP contribution in [0.4, 0.5) is 0 Å². The van der Waals surface area contributed by atoms with Crippen LogP contribution in [-0.4, -0.2) is 12.6 Å². The van der Waals surface area contributed by atoms with E-state index < -0.39 is 5.54 Å². The topological polar surface area (TPSA) is 56.8 Å². The summed E-state index contributed by atoms with van der Waals surface area (Å²) in [5.74, 6) is 1.58. The molecular formula is C15H10BrIN2O2. The highest BCUT2D eigenvalue weighted by atomic mass is 127. The number of fused-ring (bicyclic) bond motifs is 4. The van der Waals surface area contributed by atoms with Gasteiger partial charge in [-0.05, 0) is 59.0 Å². The Balaban J connectivity index is 2.05. The van der Waals surface area contributed by atoms with Crippen LogP contribution in [-0.2, 0) is 10.3 Å². The zero-order valence-electron chi connectivity index (χ0n) is 10.8. The van der Waals surface area contributed by atoms with Crippen molar-refractivity contribution in [3.05, 3.63) is 55.6 Å². The lowest BCUT2D eigenvalue weighted by molar-refractivity contribution is 0.264. The van der Waals surface area contributed by atoms with E-state index in [1.54, 1.807) is 0 Å². The van der Waals surface area contributed by atoms with E-state index in [0.717, 1.165) is 30.7 Å². The molecule has 6 heteroatoms. The van der Waals surface area contributed by atoms with Gasteiger partial charge in [0.2, 0.25) is 0 Å². The Bertz CT molecular complexity index is 740. The second kappa shape index (κ2) is 4.61. The third kappa shape index (κ3) is 1.96. The Hall–Kier alpha value is -1.28. The fraction of sp³-hybridized carbons (Fsp3) is 0.133. The number of nitrogens with two attached hydrogens (primary N) is 1. The van der Waals surface area contributed by atoms with Crippen molar-refractivity contribution in [1.29, 1.82) is 0 Å². The predicted molar refractivity (Wildman–Crippen MR) is 91.7 cm³/mol. The predicted octanol–water partition coefficient (Wildman–Crippen LogP) is 3.75. The summed E-state index contributed by atoms with van der Waals surface area (Å²) in [6.07, 6.45) is 0. The fourth-order valence-electron chi connectivity index (χ4n) is 2.80.